The van der Waals surface area contributed by atoms with E-state index in [0.717, 1.165) is 60.8 Å². The molecule has 0 saturated carbocycles. The third kappa shape index (κ3) is 3.62. The molecule has 0 unspecified atom stereocenters. The monoisotopic (exact) mass is 316 g/mol. The highest BCUT2D eigenvalue weighted by Crippen LogP contribution is 2.32. The molecule has 0 bridgehead atoms. The lowest BCUT2D eigenvalue weighted by molar-refractivity contribution is 0.0342. The smallest absolute Gasteiger partial charge is 0.124 e. The van der Waals surface area contributed by atoms with Crippen molar-refractivity contribution in [3.63, 3.8) is 0 Å². The lowest BCUT2D eigenvalue weighted by atomic mass is 10.0. The van der Waals surface area contributed by atoms with Gasteiger partial charge in [0.1, 0.15) is 5.75 Å². The summed E-state index contributed by atoms with van der Waals surface area (Å²) in [6.07, 6.45) is 0. The molecule has 0 radical (unpaired) electrons. The molecule has 0 amide bonds. The fourth-order valence-electron chi connectivity index (χ4n) is 2.68. The van der Waals surface area contributed by atoms with Crippen LogP contribution in [0.4, 0.5) is 0 Å². The fourth-order valence-corrected chi connectivity index (χ4v) is 3.01. The Balaban J connectivity index is 1.81. The van der Waals surface area contributed by atoms with Crippen LogP contribution in [-0.2, 0) is 11.3 Å². The summed E-state index contributed by atoms with van der Waals surface area (Å²) in [4.78, 5) is 3.24. The SMILES string of the molecule is NSc1ccc(-c2cccc(CN3CCOCC3)c2)c(O)c1. The van der Waals surface area contributed by atoms with Crippen LogP contribution in [0.2, 0.25) is 0 Å². The summed E-state index contributed by atoms with van der Waals surface area (Å²) in [5.41, 5.74) is 3.11. The van der Waals surface area contributed by atoms with Crippen LogP contribution in [-0.4, -0.2) is 36.3 Å². The minimum atomic E-state index is 0.263. The Bertz CT molecular complexity index is 642. The number of nitrogens with two attached hydrogens (primary N) is 1. The van der Waals surface area contributed by atoms with Crippen molar-refractivity contribution in [2.45, 2.75) is 11.4 Å². The Labute approximate surface area is 135 Å². The Kier molecular flexibility index (Phi) is 5.00. The molecule has 2 aromatic carbocycles. The second kappa shape index (κ2) is 7.15. The molecule has 4 nitrogen and oxygen atoms in total. The van der Waals surface area contributed by atoms with Gasteiger partial charge in [-0.1, -0.05) is 18.2 Å². The van der Waals surface area contributed by atoms with Crippen molar-refractivity contribution < 1.29 is 9.84 Å². The zero-order chi connectivity index (χ0) is 15.4. The molecule has 116 valence electrons. The highest BCUT2D eigenvalue weighted by Gasteiger charge is 2.12. The van der Waals surface area contributed by atoms with Crippen molar-refractivity contribution in [1.82, 2.24) is 4.90 Å². The average molecular weight is 316 g/mol. The van der Waals surface area contributed by atoms with Crippen molar-refractivity contribution in [3.8, 4) is 16.9 Å². The lowest BCUT2D eigenvalue weighted by Gasteiger charge is -2.26. The molecule has 3 N–H and O–H groups in total. The molecule has 2 aromatic rings. The highest BCUT2D eigenvalue weighted by molar-refractivity contribution is 7.97. The molecule has 1 aliphatic rings. The lowest BCUT2D eigenvalue weighted by Crippen LogP contribution is -2.35. The van der Waals surface area contributed by atoms with E-state index in [2.05, 4.69) is 17.0 Å². The Morgan fingerprint density at radius 3 is 2.68 bits per heavy atom. The van der Waals surface area contributed by atoms with Crippen molar-refractivity contribution >= 4 is 11.9 Å². The first-order valence-corrected chi connectivity index (χ1v) is 8.23. The van der Waals surface area contributed by atoms with Gasteiger partial charge in [-0.15, -0.1) is 0 Å². The van der Waals surface area contributed by atoms with Gasteiger partial charge >= 0.3 is 0 Å². The summed E-state index contributed by atoms with van der Waals surface area (Å²) in [6, 6.07) is 13.9. The van der Waals surface area contributed by atoms with Gasteiger partial charge in [0.2, 0.25) is 0 Å². The van der Waals surface area contributed by atoms with Crippen LogP contribution in [0.1, 0.15) is 5.56 Å². The number of phenolic OH excluding ortho intramolecular Hbond substituents is 1. The van der Waals surface area contributed by atoms with Crippen molar-refractivity contribution in [2.24, 2.45) is 5.14 Å². The first-order valence-electron chi connectivity index (χ1n) is 7.35. The minimum Gasteiger partial charge on any atom is -0.507 e. The normalized spacial score (nSPS) is 15.9. The van der Waals surface area contributed by atoms with Crippen LogP contribution >= 0.6 is 11.9 Å². The molecular weight excluding hydrogens is 296 g/mol. The Morgan fingerprint density at radius 1 is 1.14 bits per heavy atom. The number of hydrogen-bond acceptors (Lipinski definition) is 5. The summed E-state index contributed by atoms with van der Waals surface area (Å²) in [5, 5.41) is 15.7. The van der Waals surface area contributed by atoms with Gasteiger partial charge in [-0.3, -0.25) is 10.0 Å². The standard InChI is InChI=1S/C17H20N2O2S/c18-22-15-4-5-16(17(20)11-15)14-3-1-2-13(10-14)12-19-6-8-21-9-7-19/h1-5,10-11,20H,6-9,12,18H2. The summed E-state index contributed by atoms with van der Waals surface area (Å²) < 4.78 is 5.38. The van der Waals surface area contributed by atoms with E-state index in [9.17, 15) is 5.11 Å². The Morgan fingerprint density at radius 2 is 1.95 bits per heavy atom. The topological polar surface area (TPSA) is 58.7 Å². The van der Waals surface area contributed by atoms with Gasteiger partial charge in [0.05, 0.1) is 13.2 Å². The van der Waals surface area contributed by atoms with E-state index in [1.54, 1.807) is 6.07 Å². The minimum absolute atomic E-state index is 0.263. The van der Waals surface area contributed by atoms with E-state index in [1.165, 1.54) is 5.56 Å². The number of benzene rings is 2. The van der Waals surface area contributed by atoms with Crippen molar-refractivity contribution in [2.75, 3.05) is 26.3 Å². The molecule has 0 aromatic heterocycles. The summed E-state index contributed by atoms with van der Waals surface area (Å²) >= 11 is 1.13. The van der Waals surface area contributed by atoms with E-state index < -0.39 is 0 Å². The van der Waals surface area contributed by atoms with Crippen LogP contribution in [0.5, 0.6) is 5.75 Å². The van der Waals surface area contributed by atoms with Crippen LogP contribution in [0, 0.1) is 0 Å². The maximum absolute atomic E-state index is 10.2. The molecule has 3 rings (SSSR count). The molecule has 1 heterocycles. The molecule has 22 heavy (non-hydrogen) atoms. The number of ether oxygens (including phenoxy) is 1. The van der Waals surface area contributed by atoms with Crippen LogP contribution < -0.4 is 5.14 Å². The molecule has 5 heteroatoms. The summed E-state index contributed by atoms with van der Waals surface area (Å²) in [7, 11) is 0. The van der Waals surface area contributed by atoms with Crippen molar-refractivity contribution in [3.05, 3.63) is 48.0 Å². The van der Waals surface area contributed by atoms with E-state index in [-0.39, 0.29) is 5.75 Å². The number of nitrogens with zero attached hydrogens (tertiary/aromatic N) is 1. The zero-order valence-corrected chi connectivity index (χ0v) is 13.2. The van der Waals surface area contributed by atoms with E-state index in [0.29, 0.717) is 0 Å². The number of phenols is 1. The molecule has 1 saturated heterocycles. The fraction of sp³-hybridized carbons (Fsp3) is 0.294. The molecule has 0 aliphatic carbocycles. The van der Waals surface area contributed by atoms with Crippen LogP contribution in [0.25, 0.3) is 11.1 Å². The summed E-state index contributed by atoms with van der Waals surface area (Å²) in [6.45, 7) is 4.46. The second-order valence-electron chi connectivity index (χ2n) is 5.39. The predicted molar refractivity (Wildman–Crippen MR) is 89.7 cm³/mol. The third-order valence-electron chi connectivity index (χ3n) is 3.85. The quantitative estimate of drug-likeness (QED) is 0.850. The number of aromatic hydroxyl groups is 1. The van der Waals surface area contributed by atoms with Crippen molar-refractivity contribution in [1.29, 1.82) is 0 Å². The average Bonchev–Trinajstić information content (AvgIpc) is 2.56. The molecule has 0 atom stereocenters. The van der Waals surface area contributed by atoms with Gasteiger partial charge in [0.25, 0.3) is 0 Å². The van der Waals surface area contributed by atoms with Gasteiger partial charge in [-0.05, 0) is 47.3 Å². The molecule has 1 aliphatic heterocycles. The largest absolute Gasteiger partial charge is 0.507 e. The molecular formula is C17H20N2O2S. The summed E-state index contributed by atoms with van der Waals surface area (Å²) in [5.74, 6) is 0.263. The Hall–Kier alpha value is -1.53. The maximum Gasteiger partial charge on any atom is 0.124 e. The first-order chi connectivity index (χ1) is 10.8. The van der Waals surface area contributed by atoms with Gasteiger partial charge in [0.15, 0.2) is 0 Å². The van der Waals surface area contributed by atoms with E-state index in [1.807, 2.05) is 24.3 Å². The number of morpholine rings is 1. The highest BCUT2D eigenvalue weighted by atomic mass is 32.2. The molecule has 1 fully saturated rings. The molecule has 0 spiro atoms. The predicted octanol–water partition coefficient (Wildman–Crippen LogP) is 2.86. The van der Waals surface area contributed by atoms with Crippen LogP contribution in [0.15, 0.2) is 47.4 Å². The number of hydrogen-bond donors (Lipinski definition) is 2. The van der Waals surface area contributed by atoms with Crippen LogP contribution in [0.3, 0.4) is 0 Å². The van der Waals surface area contributed by atoms with Gasteiger partial charge in [-0.25, -0.2) is 0 Å². The van der Waals surface area contributed by atoms with Gasteiger partial charge in [0, 0.05) is 30.1 Å². The number of rotatable bonds is 4. The second-order valence-corrected chi connectivity index (χ2v) is 6.09. The van der Waals surface area contributed by atoms with E-state index >= 15 is 0 Å². The maximum atomic E-state index is 10.2. The zero-order valence-electron chi connectivity index (χ0n) is 12.4. The van der Waals surface area contributed by atoms with Gasteiger partial charge in [-0.2, -0.15) is 0 Å². The van der Waals surface area contributed by atoms with E-state index in [4.69, 9.17) is 9.88 Å². The van der Waals surface area contributed by atoms with Gasteiger partial charge < -0.3 is 9.84 Å². The first kappa shape index (κ1) is 15.4. The third-order valence-corrected chi connectivity index (χ3v) is 4.38.